The molecular weight excluding hydrogens is 829 g/mol. The summed E-state index contributed by atoms with van der Waals surface area (Å²) in [7, 11) is 0. The van der Waals surface area contributed by atoms with E-state index in [1.807, 2.05) is 18.2 Å². The Bertz CT molecular complexity index is 3020. The first-order chi connectivity index (χ1) is 33.9. The standard InChI is InChI=1S/C43H32.C19H16.C7H8/c1-31-22-36(42-27-38(32-14-6-2-7-15-32)25-39(28-42)33-16-8-3-9-17-33)24-37(23-31)43-29-40(34-18-10-4-11-19-34)26-41(30-43)35-20-12-5-13-21-35;1-15-12-18(16-8-4-2-5-9-16)14-19(13-15)17-10-6-3-7-11-17;1-7-5-3-2-4-6-7/h2-30H,1H3;2-14H,1H3;2-6H,1H3. The van der Waals surface area contributed by atoms with Gasteiger partial charge in [0, 0.05) is 0 Å². The van der Waals surface area contributed by atoms with E-state index >= 15 is 0 Å². The first kappa shape index (κ1) is 45.6. The maximum Gasteiger partial charge on any atom is -0.0171 e. The van der Waals surface area contributed by atoms with Crippen LogP contribution in [0, 0.1) is 20.8 Å². The Morgan fingerprint density at radius 2 is 0.275 bits per heavy atom. The van der Waals surface area contributed by atoms with E-state index in [0.717, 1.165) is 0 Å². The Kier molecular flexibility index (Phi) is 14.7. The maximum atomic E-state index is 2.35. The summed E-state index contributed by atoms with van der Waals surface area (Å²) in [5, 5.41) is 0. The molecule has 0 aliphatic rings. The van der Waals surface area contributed by atoms with Crippen molar-refractivity contribution < 1.29 is 0 Å². The summed E-state index contributed by atoms with van der Waals surface area (Å²) < 4.78 is 0. The van der Waals surface area contributed by atoms with Crippen LogP contribution < -0.4 is 0 Å². The molecule has 0 aliphatic carbocycles. The van der Waals surface area contributed by atoms with Crippen LogP contribution in [0.25, 0.3) is 89.0 Å². The average Bonchev–Trinajstić information content (AvgIpc) is 3.42. The van der Waals surface area contributed by atoms with Crippen LogP contribution >= 0.6 is 0 Å². The van der Waals surface area contributed by atoms with Crippen LogP contribution in [0.2, 0.25) is 0 Å². The van der Waals surface area contributed by atoms with E-state index in [1.165, 1.54) is 106 Å². The third-order valence-corrected chi connectivity index (χ3v) is 12.3. The fourth-order valence-electron chi connectivity index (χ4n) is 8.81. The minimum atomic E-state index is 1.22. The van der Waals surface area contributed by atoms with Gasteiger partial charge in [-0.25, -0.2) is 0 Å². The van der Waals surface area contributed by atoms with Gasteiger partial charge in [-0.15, -0.1) is 0 Å². The predicted octanol–water partition coefficient (Wildman–Crippen LogP) is 19.3. The molecule has 0 atom stereocenters. The van der Waals surface area contributed by atoms with Gasteiger partial charge in [-0.1, -0.05) is 242 Å². The van der Waals surface area contributed by atoms with Crippen LogP contribution in [0.15, 0.2) is 285 Å². The number of hydrogen-bond acceptors (Lipinski definition) is 0. The Balaban J connectivity index is 0.000000186. The van der Waals surface area contributed by atoms with Crippen LogP contribution in [-0.4, -0.2) is 0 Å². The summed E-state index contributed by atoms with van der Waals surface area (Å²) in [5.74, 6) is 0. The lowest BCUT2D eigenvalue weighted by atomic mass is 9.89. The van der Waals surface area contributed by atoms with Crippen LogP contribution in [0.3, 0.4) is 0 Å². The van der Waals surface area contributed by atoms with Crippen molar-refractivity contribution in [3.05, 3.63) is 302 Å². The second-order valence-corrected chi connectivity index (χ2v) is 17.6. The topological polar surface area (TPSA) is 0 Å². The third-order valence-electron chi connectivity index (χ3n) is 12.3. The van der Waals surface area contributed by atoms with Crippen molar-refractivity contribution in [1.29, 1.82) is 0 Å². The van der Waals surface area contributed by atoms with Crippen molar-refractivity contribution in [2.45, 2.75) is 20.8 Å². The molecule has 0 unspecified atom stereocenters. The van der Waals surface area contributed by atoms with Gasteiger partial charge in [0.1, 0.15) is 0 Å². The first-order valence-corrected chi connectivity index (χ1v) is 23.8. The minimum absolute atomic E-state index is 1.22. The molecule has 0 nitrogen and oxygen atoms in total. The Labute approximate surface area is 409 Å². The van der Waals surface area contributed by atoms with Crippen LogP contribution in [0.4, 0.5) is 0 Å². The monoisotopic (exact) mass is 884 g/mol. The quantitative estimate of drug-likeness (QED) is 0.143. The molecule has 0 N–H and O–H groups in total. The summed E-state index contributed by atoms with van der Waals surface area (Å²) in [6.07, 6.45) is 0. The molecular formula is C69H56. The van der Waals surface area contributed by atoms with Crippen molar-refractivity contribution in [3.63, 3.8) is 0 Å². The summed E-state index contributed by atoms with van der Waals surface area (Å²) in [5.41, 5.74) is 23.6. The minimum Gasteiger partial charge on any atom is -0.0622 e. The highest BCUT2D eigenvalue weighted by molar-refractivity contribution is 5.86. The third kappa shape index (κ3) is 12.1. The number of hydrogen-bond donors (Lipinski definition) is 0. The van der Waals surface area contributed by atoms with Crippen molar-refractivity contribution in [1.82, 2.24) is 0 Å². The molecule has 0 aromatic heterocycles. The van der Waals surface area contributed by atoms with Crippen molar-refractivity contribution in [2.24, 2.45) is 0 Å². The van der Waals surface area contributed by atoms with Crippen molar-refractivity contribution in [2.75, 3.05) is 0 Å². The van der Waals surface area contributed by atoms with Gasteiger partial charge in [0.25, 0.3) is 0 Å². The van der Waals surface area contributed by atoms with Crippen LogP contribution in [0.1, 0.15) is 16.7 Å². The highest BCUT2D eigenvalue weighted by Crippen LogP contribution is 2.38. The SMILES string of the molecule is Cc1cc(-c2cc(-c3ccccc3)cc(-c3ccccc3)c2)cc(-c2cc(-c3ccccc3)cc(-c3ccccc3)c2)c1.Cc1cc(-c2ccccc2)cc(-c2ccccc2)c1.Cc1ccccc1. The molecule has 11 rings (SSSR count). The number of rotatable bonds is 8. The maximum absolute atomic E-state index is 2.35. The van der Waals surface area contributed by atoms with Crippen molar-refractivity contribution >= 4 is 0 Å². The highest BCUT2D eigenvalue weighted by atomic mass is 14.2. The fourth-order valence-corrected chi connectivity index (χ4v) is 8.81. The zero-order valence-electron chi connectivity index (χ0n) is 39.6. The summed E-state index contributed by atoms with van der Waals surface area (Å²) in [4.78, 5) is 0. The largest absolute Gasteiger partial charge is 0.0622 e. The van der Waals surface area contributed by atoms with Gasteiger partial charge in [-0.05, 0) is 169 Å². The highest BCUT2D eigenvalue weighted by Gasteiger charge is 2.12. The normalized spacial score (nSPS) is 10.5. The number of benzene rings is 11. The second-order valence-electron chi connectivity index (χ2n) is 17.6. The molecule has 0 spiro atoms. The lowest BCUT2D eigenvalue weighted by molar-refractivity contribution is 1.45. The Morgan fingerprint density at radius 1 is 0.130 bits per heavy atom. The molecule has 0 saturated heterocycles. The Hall–Kier alpha value is -8.58. The molecule has 0 bridgehead atoms. The first-order valence-electron chi connectivity index (χ1n) is 23.8. The van der Waals surface area contributed by atoms with Crippen molar-refractivity contribution in [3.8, 4) is 89.0 Å². The van der Waals surface area contributed by atoms with E-state index in [2.05, 4.69) is 288 Å². The molecule has 0 amide bonds. The summed E-state index contributed by atoms with van der Waals surface area (Å²) in [6.45, 7) is 6.43. The molecule has 0 saturated carbocycles. The Morgan fingerprint density at radius 3 is 0.449 bits per heavy atom. The van der Waals surface area contributed by atoms with E-state index < -0.39 is 0 Å². The van der Waals surface area contributed by atoms with E-state index in [9.17, 15) is 0 Å². The summed E-state index contributed by atoms with van der Waals surface area (Å²) in [6, 6.07) is 102. The molecule has 11 aromatic carbocycles. The molecule has 0 aliphatic heterocycles. The molecule has 0 heterocycles. The zero-order chi connectivity index (χ0) is 47.2. The van der Waals surface area contributed by atoms with Gasteiger partial charge in [-0.3, -0.25) is 0 Å². The van der Waals surface area contributed by atoms with Crippen LogP contribution in [-0.2, 0) is 0 Å². The van der Waals surface area contributed by atoms with E-state index in [-0.39, 0.29) is 0 Å². The number of aryl methyl sites for hydroxylation is 3. The van der Waals surface area contributed by atoms with Gasteiger partial charge in [0.15, 0.2) is 0 Å². The van der Waals surface area contributed by atoms with Gasteiger partial charge in [-0.2, -0.15) is 0 Å². The fraction of sp³-hybridized carbons (Fsp3) is 0.0435. The molecule has 0 heteroatoms. The molecule has 332 valence electrons. The molecule has 69 heavy (non-hydrogen) atoms. The van der Waals surface area contributed by atoms with Gasteiger partial charge in [0.05, 0.1) is 0 Å². The molecule has 0 radical (unpaired) electrons. The lowest BCUT2D eigenvalue weighted by Crippen LogP contribution is -1.90. The summed E-state index contributed by atoms with van der Waals surface area (Å²) >= 11 is 0. The average molecular weight is 885 g/mol. The predicted molar refractivity (Wildman–Crippen MR) is 297 cm³/mol. The lowest BCUT2D eigenvalue weighted by Gasteiger charge is -2.15. The second kappa shape index (κ2) is 22.3. The molecule has 11 aromatic rings. The van der Waals surface area contributed by atoms with Gasteiger partial charge in [0.2, 0.25) is 0 Å². The van der Waals surface area contributed by atoms with E-state index in [0.29, 0.717) is 0 Å². The van der Waals surface area contributed by atoms with E-state index in [4.69, 9.17) is 0 Å². The van der Waals surface area contributed by atoms with E-state index in [1.54, 1.807) is 0 Å². The van der Waals surface area contributed by atoms with Gasteiger partial charge >= 0.3 is 0 Å². The van der Waals surface area contributed by atoms with Crippen LogP contribution in [0.5, 0.6) is 0 Å². The molecule has 0 fully saturated rings. The van der Waals surface area contributed by atoms with Gasteiger partial charge < -0.3 is 0 Å². The smallest absolute Gasteiger partial charge is 0.0171 e. The zero-order valence-corrected chi connectivity index (χ0v) is 39.6.